The second-order valence-electron chi connectivity index (χ2n) is 5.81. The molecule has 1 aromatic heterocycles. The van der Waals surface area contributed by atoms with Gasteiger partial charge in [0.25, 0.3) is 5.91 Å². The summed E-state index contributed by atoms with van der Waals surface area (Å²) >= 11 is 0. The molecule has 24 heavy (non-hydrogen) atoms. The molecule has 0 saturated carbocycles. The molecule has 2 aliphatic rings. The number of hydrogen-bond acceptors (Lipinski definition) is 6. The molecule has 1 amide bonds. The van der Waals surface area contributed by atoms with Crippen LogP contribution in [-0.2, 0) is 9.53 Å². The number of rotatable bonds is 3. The van der Waals surface area contributed by atoms with E-state index in [2.05, 4.69) is 15.1 Å². The highest BCUT2D eigenvalue weighted by Gasteiger charge is 2.33. The molecule has 7 nitrogen and oxygen atoms in total. The summed E-state index contributed by atoms with van der Waals surface area (Å²) < 4.78 is 5.73. The summed E-state index contributed by atoms with van der Waals surface area (Å²) in [6, 6.07) is 3.84. The molecule has 0 aromatic carbocycles. The fourth-order valence-electron chi connectivity index (χ4n) is 3.09. The van der Waals surface area contributed by atoms with E-state index in [0.717, 1.165) is 44.7 Å². The summed E-state index contributed by atoms with van der Waals surface area (Å²) in [6.45, 7) is 3.62. The van der Waals surface area contributed by atoms with Crippen LogP contribution in [0.1, 0.15) is 19.3 Å². The van der Waals surface area contributed by atoms with Gasteiger partial charge in [-0.1, -0.05) is 0 Å². The molecule has 1 aromatic rings. The maximum atomic E-state index is 12.6. The van der Waals surface area contributed by atoms with Crippen LogP contribution in [0.15, 0.2) is 18.3 Å². The Hall–Kier alpha value is -1.15. The summed E-state index contributed by atoms with van der Waals surface area (Å²) in [5.74, 6) is 0.981. The molecule has 9 heteroatoms. The topological polar surface area (TPSA) is 84.6 Å². The van der Waals surface area contributed by atoms with Gasteiger partial charge in [-0.25, -0.2) is 0 Å². The average Bonchev–Trinajstić information content (AvgIpc) is 2.92. The maximum Gasteiger partial charge on any atom is 0.251 e. The number of hydrogen-bond donors (Lipinski definition) is 1. The van der Waals surface area contributed by atoms with Crippen LogP contribution < -0.4 is 10.6 Å². The van der Waals surface area contributed by atoms with Crippen molar-refractivity contribution in [3.8, 4) is 0 Å². The molecular formula is C15H25Cl2N5O2. The fraction of sp³-hybridized carbons (Fsp3) is 0.667. The number of amides is 1. The Labute approximate surface area is 154 Å². The molecule has 2 N–H and O–H groups in total. The number of carbonyl (C=O) groups excluding carboxylic acids is 1. The zero-order valence-corrected chi connectivity index (χ0v) is 15.2. The van der Waals surface area contributed by atoms with E-state index in [1.54, 1.807) is 6.20 Å². The normalized spacial score (nSPS) is 23.9. The highest BCUT2D eigenvalue weighted by Crippen LogP contribution is 2.21. The van der Waals surface area contributed by atoms with Gasteiger partial charge in [-0.3, -0.25) is 4.79 Å². The summed E-state index contributed by atoms with van der Waals surface area (Å²) in [5, 5.41) is 8.07. The third-order valence-corrected chi connectivity index (χ3v) is 4.34. The van der Waals surface area contributed by atoms with Crippen molar-refractivity contribution in [1.82, 2.24) is 15.1 Å². The number of halogens is 2. The van der Waals surface area contributed by atoms with Gasteiger partial charge < -0.3 is 20.3 Å². The lowest BCUT2D eigenvalue weighted by atomic mass is 10.2. The lowest BCUT2D eigenvalue weighted by Gasteiger charge is -2.24. The van der Waals surface area contributed by atoms with Crippen molar-refractivity contribution in [1.29, 1.82) is 0 Å². The molecule has 2 fully saturated rings. The van der Waals surface area contributed by atoms with Crippen LogP contribution >= 0.6 is 24.8 Å². The molecule has 2 atom stereocenters. The Bertz CT molecular complexity index is 508. The van der Waals surface area contributed by atoms with Crippen LogP contribution in [0.3, 0.4) is 0 Å². The molecule has 3 rings (SSSR count). The molecular weight excluding hydrogens is 353 g/mol. The van der Waals surface area contributed by atoms with Crippen LogP contribution in [0.25, 0.3) is 0 Å². The van der Waals surface area contributed by atoms with Gasteiger partial charge in [0.2, 0.25) is 0 Å². The second-order valence-corrected chi connectivity index (χ2v) is 5.81. The maximum absolute atomic E-state index is 12.6. The van der Waals surface area contributed by atoms with E-state index in [-0.39, 0.29) is 42.9 Å². The highest BCUT2D eigenvalue weighted by atomic mass is 35.5. The van der Waals surface area contributed by atoms with Crippen molar-refractivity contribution in [2.75, 3.05) is 37.6 Å². The lowest BCUT2D eigenvalue weighted by Crippen LogP contribution is -2.41. The van der Waals surface area contributed by atoms with E-state index in [1.165, 1.54) is 0 Å². The molecule has 0 aliphatic carbocycles. The van der Waals surface area contributed by atoms with E-state index in [1.807, 2.05) is 17.0 Å². The Morgan fingerprint density at radius 3 is 2.75 bits per heavy atom. The van der Waals surface area contributed by atoms with E-state index in [0.29, 0.717) is 13.1 Å². The van der Waals surface area contributed by atoms with Gasteiger partial charge in [-0.05, 0) is 31.4 Å². The van der Waals surface area contributed by atoms with Crippen molar-refractivity contribution in [2.24, 2.45) is 5.73 Å². The molecule has 136 valence electrons. The van der Waals surface area contributed by atoms with E-state index >= 15 is 0 Å². The number of carbonyl (C=O) groups is 1. The van der Waals surface area contributed by atoms with E-state index in [9.17, 15) is 4.79 Å². The minimum absolute atomic E-state index is 0. The first kappa shape index (κ1) is 20.9. The first-order valence-corrected chi connectivity index (χ1v) is 7.95. The van der Waals surface area contributed by atoms with Gasteiger partial charge >= 0.3 is 0 Å². The Morgan fingerprint density at radius 2 is 2.08 bits per heavy atom. The smallest absolute Gasteiger partial charge is 0.251 e. The van der Waals surface area contributed by atoms with Crippen LogP contribution in [-0.4, -0.2) is 65.9 Å². The number of nitrogens with zero attached hydrogens (tertiary/aromatic N) is 4. The highest BCUT2D eigenvalue weighted by molar-refractivity contribution is 5.85. The average molecular weight is 378 g/mol. The minimum atomic E-state index is -0.309. The van der Waals surface area contributed by atoms with Crippen molar-refractivity contribution < 1.29 is 9.53 Å². The number of aromatic nitrogens is 2. The quantitative estimate of drug-likeness (QED) is 0.840. The first-order chi connectivity index (χ1) is 10.8. The number of nitrogens with two attached hydrogens (primary N) is 1. The van der Waals surface area contributed by atoms with Gasteiger partial charge in [0.05, 0.1) is 6.10 Å². The van der Waals surface area contributed by atoms with Gasteiger partial charge in [-0.2, -0.15) is 5.10 Å². The van der Waals surface area contributed by atoms with Crippen molar-refractivity contribution >= 4 is 36.5 Å². The fourth-order valence-corrected chi connectivity index (χ4v) is 3.09. The zero-order valence-electron chi connectivity index (χ0n) is 13.5. The molecule has 0 radical (unpaired) electrons. The number of anilines is 1. The Morgan fingerprint density at radius 1 is 1.25 bits per heavy atom. The molecule has 3 heterocycles. The van der Waals surface area contributed by atoms with Crippen molar-refractivity contribution in [2.45, 2.75) is 31.5 Å². The third kappa shape index (κ3) is 4.92. The van der Waals surface area contributed by atoms with Crippen LogP contribution in [0.5, 0.6) is 0 Å². The Kier molecular flexibility index (Phi) is 8.69. The first-order valence-electron chi connectivity index (χ1n) is 7.95. The minimum Gasteiger partial charge on any atom is -0.364 e. The monoisotopic (exact) mass is 377 g/mol. The summed E-state index contributed by atoms with van der Waals surface area (Å²) in [7, 11) is 0. The molecule has 2 aliphatic heterocycles. The summed E-state index contributed by atoms with van der Waals surface area (Å²) in [5.41, 5.74) is 5.61. The molecule has 0 spiro atoms. The van der Waals surface area contributed by atoms with Crippen LogP contribution in [0, 0.1) is 0 Å². The lowest BCUT2D eigenvalue weighted by molar-refractivity contribution is -0.142. The van der Waals surface area contributed by atoms with Gasteiger partial charge in [-0.15, -0.1) is 29.9 Å². The van der Waals surface area contributed by atoms with Gasteiger partial charge in [0.1, 0.15) is 6.10 Å². The molecule has 0 unspecified atom stereocenters. The standard InChI is InChI=1S/C15H23N5O2.2ClH/c16-11-12-4-5-13(22-12)15(21)20-8-2-7-19(9-10-20)14-3-1-6-17-18-14;;/h1,3,6,12-13H,2,4-5,7-11,16H2;2*1H/t12-,13+;;/m1../s1. The summed E-state index contributed by atoms with van der Waals surface area (Å²) in [6.07, 6.45) is 3.99. The Balaban J connectivity index is 0.00000144. The second kappa shape index (κ2) is 9.98. The largest absolute Gasteiger partial charge is 0.364 e. The van der Waals surface area contributed by atoms with Gasteiger partial charge in [0, 0.05) is 38.9 Å². The summed E-state index contributed by atoms with van der Waals surface area (Å²) in [4.78, 5) is 16.7. The van der Waals surface area contributed by atoms with Crippen molar-refractivity contribution in [3.63, 3.8) is 0 Å². The predicted molar refractivity (Wildman–Crippen MR) is 96.9 cm³/mol. The predicted octanol–water partition coefficient (Wildman–Crippen LogP) is 0.865. The van der Waals surface area contributed by atoms with Gasteiger partial charge in [0.15, 0.2) is 5.82 Å². The molecule has 0 bridgehead atoms. The number of ether oxygens (including phenoxy) is 1. The third-order valence-electron chi connectivity index (χ3n) is 4.34. The SMILES string of the molecule is Cl.Cl.NC[C@H]1CC[C@@H](C(=O)N2CCCN(c3cccnn3)CC2)O1. The van der Waals surface area contributed by atoms with E-state index < -0.39 is 0 Å². The van der Waals surface area contributed by atoms with Crippen LogP contribution in [0.4, 0.5) is 5.82 Å². The molecule has 2 saturated heterocycles. The van der Waals surface area contributed by atoms with Crippen molar-refractivity contribution in [3.05, 3.63) is 18.3 Å². The zero-order chi connectivity index (χ0) is 15.4. The van der Waals surface area contributed by atoms with E-state index in [4.69, 9.17) is 10.5 Å². The van der Waals surface area contributed by atoms with Crippen LogP contribution in [0.2, 0.25) is 0 Å².